The number of allylic oxidation sites excluding steroid dienone is 1. The molecule has 0 aliphatic rings. The highest BCUT2D eigenvalue weighted by Crippen LogP contribution is 2.21. The number of carbonyl (C=O) groups excluding carboxylic acids is 1. The van der Waals surface area contributed by atoms with Crippen LogP contribution in [0.25, 0.3) is 0 Å². The first-order valence-electron chi connectivity index (χ1n) is 7.56. The van der Waals surface area contributed by atoms with Crippen molar-refractivity contribution >= 4 is 5.91 Å². The number of benzene rings is 2. The van der Waals surface area contributed by atoms with Crippen molar-refractivity contribution in [3.05, 3.63) is 71.6 Å². The summed E-state index contributed by atoms with van der Waals surface area (Å²) in [5.41, 5.74) is 1.71. The maximum absolute atomic E-state index is 12.8. The molecule has 0 aromatic heterocycles. The quantitative estimate of drug-likeness (QED) is 0.792. The molecule has 0 saturated heterocycles. The Morgan fingerprint density at radius 3 is 2.22 bits per heavy atom. The van der Waals surface area contributed by atoms with E-state index < -0.39 is 0 Å². The molecule has 0 saturated carbocycles. The van der Waals surface area contributed by atoms with Gasteiger partial charge in [0, 0.05) is 12.1 Å². The van der Waals surface area contributed by atoms with Gasteiger partial charge in [-0.05, 0) is 55.3 Å². The van der Waals surface area contributed by atoms with Crippen LogP contribution in [0.2, 0.25) is 0 Å². The largest absolute Gasteiger partial charge is 0.457 e. The Labute approximate surface area is 135 Å². The molecule has 2 aromatic carbocycles. The predicted octanol–water partition coefficient (Wildman–Crippen LogP) is 4.59. The van der Waals surface area contributed by atoms with E-state index >= 15 is 0 Å². The average Bonchev–Trinajstić information content (AvgIpc) is 2.56. The molecular weight excluding hydrogens is 293 g/mol. The van der Waals surface area contributed by atoms with Gasteiger partial charge in [0.1, 0.15) is 17.3 Å². The summed E-state index contributed by atoms with van der Waals surface area (Å²) < 4.78 is 18.5. The van der Waals surface area contributed by atoms with E-state index in [-0.39, 0.29) is 11.7 Å². The molecule has 0 aliphatic heterocycles. The molecule has 2 aromatic rings. The summed E-state index contributed by atoms with van der Waals surface area (Å²) in [6.45, 7) is 4.26. The Morgan fingerprint density at radius 2 is 1.65 bits per heavy atom. The van der Waals surface area contributed by atoms with Crippen molar-refractivity contribution in [3.63, 3.8) is 0 Å². The first-order valence-corrected chi connectivity index (χ1v) is 7.56. The van der Waals surface area contributed by atoms with Crippen molar-refractivity contribution in [2.24, 2.45) is 0 Å². The van der Waals surface area contributed by atoms with Crippen molar-refractivity contribution < 1.29 is 13.9 Å². The Kier molecular flexibility index (Phi) is 5.92. The van der Waals surface area contributed by atoms with Gasteiger partial charge in [-0.3, -0.25) is 4.79 Å². The molecule has 0 aliphatic carbocycles. The Balaban J connectivity index is 1.90. The summed E-state index contributed by atoms with van der Waals surface area (Å²) in [7, 11) is 0. The molecule has 23 heavy (non-hydrogen) atoms. The third-order valence-corrected chi connectivity index (χ3v) is 3.29. The van der Waals surface area contributed by atoms with E-state index in [1.54, 1.807) is 19.1 Å². The molecule has 1 amide bonds. The third-order valence-electron chi connectivity index (χ3n) is 3.29. The SMILES string of the molecule is CCC=C(C)C(=O)NCc1ccc(Oc2ccc(F)cc2)cc1. The number of carbonyl (C=O) groups is 1. The Bertz CT molecular complexity index is 676. The second kappa shape index (κ2) is 8.13. The zero-order chi connectivity index (χ0) is 16.7. The topological polar surface area (TPSA) is 38.3 Å². The fraction of sp³-hybridized carbons (Fsp3) is 0.211. The van der Waals surface area contributed by atoms with Gasteiger partial charge in [0.25, 0.3) is 0 Å². The lowest BCUT2D eigenvalue weighted by Crippen LogP contribution is -2.23. The minimum Gasteiger partial charge on any atom is -0.457 e. The highest BCUT2D eigenvalue weighted by Gasteiger charge is 2.03. The van der Waals surface area contributed by atoms with Gasteiger partial charge in [0.2, 0.25) is 5.91 Å². The van der Waals surface area contributed by atoms with Crippen LogP contribution in [-0.2, 0) is 11.3 Å². The van der Waals surface area contributed by atoms with Crippen molar-refractivity contribution in [1.29, 1.82) is 0 Å². The molecule has 0 unspecified atom stereocenters. The second-order valence-electron chi connectivity index (χ2n) is 5.18. The van der Waals surface area contributed by atoms with Gasteiger partial charge in [-0.2, -0.15) is 0 Å². The first kappa shape index (κ1) is 16.7. The van der Waals surface area contributed by atoms with Crippen LogP contribution in [0.5, 0.6) is 11.5 Å². The smallest absolute Gasteiger partial charge is 0.246 e. The van der Waals surface area contributed by atoms with Gasteiger partial charge >= 0.3 is 0 Å². The van der Waals surface area contributed by atoms with Gasteiger partial charge in [0.15, 0.2) is 0 Å². The van der Waals surface area contributed by atoms with Gasteiger partial charge < -0.3 is 10.1 Å². The minimum absolute atomic E-state index is 0.0570. The Morgan fingerprint density at radius 1 is 1.09 bits per heavy atom. The van der Waals surface area contributed by atoms with Crippen molar-refractivity contribution in [2.75, 3.05) is 0 Å². The van der Waals surface area contributed by atoms with Crippen LogP contribution in [-0.4, -0.2) is 5.91 Å². The third kappa shape index (κ3) is 5.25. The molecule has 2 rings (SSSR count). The molecule has 0 heterocycles. The van der Waals surface area contributed by atoms with E-state index in [0.717, 1.165) is 17.6 Å². The maximum Gasteiger partial charge on any atom is 0.246 e. The Hall–Kier alpha value is -2.62. The van der Waals surface area contributed by atoms with Crippen LogP contribution in [0.15, 0.2) is 60.2 Å². The highest BCUT2D eigenvalue weighted by molar-refractivity contribution is 5.92. The molecule has 0 fully saturated rings. The van der Waals surface area contributed by atoms with Crippen molar-refractivity contribution in [2.45, 2.75) is 26.8 Å². The van der Waals surface area contributed by atoms with Crippen LogP contribution in [0.3, 0.4) is 0 Å². The van der Waals surface area contributed by atoms with Crippen LogP contribution < -0.4 is 10.1 Å². The van der Waals surface area contributed by atoms with E-state index in [1.165, 1.54) is 12.1 Å². The zero-order valence-electron chi connectivity index (χ0n) is 13.3. The number of ether oxygens (including phenoxy) is 1. The number of halogens is 1. The molecule has 0 spiro atoms. The van der Waals surface area contributed by atoms with Crippen LogP contribution in [0.1, 0.15) is 25.8 Å². The van der Waals surface area contributed by atoms with Crippen molar-refractivity contribution in [3.8, 4) is 11.5 Å². The predicted molar refractivity (Wildman–Crippen MR) is 88.8 cm³/mol. The molecule has 0 bridgehead atoms. The van der Waals surface area contributed by atoms with E-state index in [1.807, 2.05) is 37.3 Å². The van der Waals surface area contributed by atoms with Gasteiger partial charge in [-0.25, -0.2) is 4.39 Å². The lowest BCUT2D eigenvalue weighted by atomic mass is 10.2. The maximum atomic E-state index is 12.8. The molecule has 4 heteroatoms. The van der Waals surface area contributed by atoms with E-state index in [4.69, 9.17) is 4.74 Å². The molecule has 0 atom stereocenters. The number of hydrogen-bond donors (Lipinski definition) is 1. The summed E-state index contributed by atoms with van der Waals surface area (Å²) in [4.78, 5) is 11.8. The summed E-state index contributed by atoms with van der Waals surface area (Å²) in [6.07, 6.45) is 2.74. The molecule has 0 radical (unpaired) electrons. The van der Waals surface area contributed by atoms with Gasteiger partial charge in [-0.1, -0.05) is 25.1 Å². The minimum atomic E-state index is -0.296. The number of amides is 1. The fourth-order valence-electron chi connectivity index (χ4n) is 2.03. The molecule has 1 N–H and O–H groups in total. The lowest BCUT2D eigenvalue weighted by Gasteiger charge is -2.08. The fourth-order valence-corrected chi connectivity index (χ4v) is 2.03. The van der Waals surface area contributed by atoms with Gasteiger partial charge in [0.05, 0.1) is 0 Å². The first-order chi connectivity index (χ1) is 11.1. The van der Waals surface area contributed by atoms with Gasteiger partial charge in [-0.15, -0.1) is 0 Å². The van der Waals surface area contributed by atoms with Crippen molar-refractivity contribution in [1.82, 2.24) is 5.32 Å². The molecular formula is C19H20FNO2. The van der Waals surface area contributed by atoms with Crippen LogP contribution in [0, 0.1) is 5.82 Å². The number of nitrogens with one attached hydrogen (secondary N) is 1. The summed E-state index contributed by atoms with van der Waals surface area (Å²) in [5, 5.41) is 2.87. The zero-order valence-corrected chi connectivity index (χ0v) is 13.3. The van der Waals surface area contributed by atoms with E-state index in [9.17, 15) is 9.18 Å². The summed E-state index contributed by atoms with van der Waals surface area (Å²) in [6, 6.07) is 13.3. The normalized spacial score (nSPS) is 11.2. The second-order valence-corrected chi connectivity index (χ2v) is 5.18. The summed E-state index contributed by atoms with van der Waals surface area (Å²) in [5.74, 6) is 0.885. The standard InChI is InChI=1S/C19H20FNO2/c1-3-4-14(2)19(22)21-13-15-5-9-17(10-6-15)23-18-11-7-16(20)8-12-18/h4-12H,3,13H2,1-2H3,(H,21,22). The van der Waals surface area contributed by atoms with E-state index in [0.29, 0.717) is 18.0 Å². The van der Waals surface area contributed by atoms with Crippen LogP contribution >= 0.6 is 0 Å². The number of hydrogen-bond acceptors (Lipinski definition) is 2. The summed E-state index contributed by atoms with van der Waals surface area (Å²) >= 11 is 0. The monoisotopic (exact) mass is 313 g/mol. The number of rotatable bonds is 6. The van der Waals surface area contributed by atoms with E-state index in [2.05, 4.69) is 5.32 Å². The highest BCUT2D eigenvalue weighted by atomic mass is 19.1. The lowest BCUT2D eigenvalue weighted by molar-refractivity contribution is -0.117. The molecule has 3 nitrogen and oxygen atoms in total. The molecule has 120 valence electrons. The average molecular weight is 313 g/mol. The van der Waals surface area contributed by atoms with Crippen LogP contribution in [0.4, 0.5) is 4.39 Å².